The summed E-state index contributed by atoms with van der Waals surface area (Å²) in [5, 5.41) is 2.45. The van der Waals surface area contributed by atoms with Crippen molar-refractivity contribution in [1.82, 2.24) is 10.2 Å². The molecule has 0 aromatic heterocycles. The number of nitrogens with zero attached hydrogens (tertiary/aromatic N) is 1. The van der Waals surface area contributed by atoms with E-state index in [4.69, 9.17) is 18.9 Å². The standard InChI is InChI=1S/C19H26N2O6/c1-5-27-19(23)20-12-17(22)21-8-6-13(7-9-21)18-15(25-3)10-14(24-2)11-16(18)26-4/h6,10-11H,5,7-9,12H2,1-4H3,(H,20,23). The molecule has 1 N–H and O–H groups in total. The minimum Gasteiger partial charge on any atom is -0.496 e. The van der Waals surface area contributed by atoms with Crippen molar-refractivity contribution in [2.75, 3.05) is 47.6 Å². The Bertz CT molecular complexity index is 691. The van der Waals surface area contributed by atoms with Crippen LogP contribution in [0, 0.1) is 0 Å². The van der Waals surface area contributed by atoms with E-state index in [1.165, 1.54) is 0 Å². The monoisotopic (exact) mass is 378 g/mol. The molecule has 1 aliphatic heterocycles. The second kappa shape index (κ2) is 9.70. The molecule has 2 rings (SSSR count). The second-order valence-corrected chi connectivity index (χ2v) is 5.80. The van der Waals surface area contributed by atoms with Gasteiger partial charge in [0.25, 0.3) is 0 Å². The number of alkyl carbamates (subject to hydrolysis) is 1. The Hall–Kier alpha value is -2.90. The van der Waals surface area contributed by atoms with Crippen LogP contribution in [0.2, 0.25) is 0 Å². The molecule has 0 spiro atoms. The minimum atomic E-state index is -0.591. The molecular weight excluding hydrogens is 352 g/mol. The molecule has 8 heteroatoms. The van der Waals surface area contributed by atoms with E-state index >= 15 is 0 Å². The SMILES string of the molecule is CCOC(=O)NCC(=O)N1CC=C(c2c(OC)cc(OC)cc2OC)CC1. The van der Waals surface area contributed by atoms with Gasteiger partial charge in [0.1, 0.15) is 23.8 Å². The molecule has 0 aliphatic carbocycles. The van der Waals surface area contributed by atoms with Gasteiger partial charge in [-0.25, -0.2) is 4.79 Å². The van der Waals surface area contributed by atoms with E-state index in [9.17, 15) is 9.59 Å². The predicted octanol–water partition coefficient (Wildman–Crippen LogP) is 2.07. The van der Waals surface area contributed by atoms with Crippen molar-refractivity contribution >= 4 is 17.6 Å². The lowest BCUT2D eigenvalue weighted by atomic mass is 9.97. The summed E-state index contributed by atoms with van der Waals surface area (Å²) in [4.78, 5) is 25.2. The van der Waals surface area contributed by atoms with E-state index in [2.05, 4.69) is 5.32 Å². The van der Waals surface area contributed by atoms with Crippen LogP contribution in [-0.2, 0) is 9.53 Å². The molecular formula is C19H26N2O6. The minimum absolute atomic E-state index is 0.0861. The third-order valence-electron chi connectivity index (χ3n) is 4.26. The quantitative estimate of drug-likeness (QED) is 0.782. The summed E-state index contributed by atoms with van der Waals surface area (Å²) in [7, 11) is 4.78. The molecule has 148 valence electrons. The van der Waals surface area contributed by atoms with E-state index in [1.54, 1.807) is 45.3 Å². The zero-order chi connectivity index (χ0) is 19.8. The fourth-order valence-corrected chi connectivity index (χ4v) is 2.89. The van der Waals surface area contributed by atoms with Crippen molar-refractivity contribution in [3.63, 3.8) is 0 Å². The lowest BCUT2D eigenvalue weighted by molar-refractivity contribution is -0.129. The lowest BCUT2D eigenvalue weighted by Crippen LogP contribution is -2.42. The maximum Gasteiger partial charge on any atom is 0.407 e. The van der Waals surface area contributed by atoms with Crippen LogP contribution in [0.25, 0.3) is 5.57 Å². The van der Waals surface area contributed by atoms with E-state index < -0.39 is 6.09 Å². The van der Waals surface area contributed by atoms with Gasteiger partial charge in [0.15, 0.2) is 0 Å². The van der Waals surface area contributed by atoms with Crippen molar-refractivity contribution in [2.24, 2.45) is 0 Å². The van der Waals surface area contributed by atoms with Crippen LogP contribution in [0.4, 0.5) is 4.79 Å². The van der Waals surface area contributed by atoms with Crippen LogP contribution < -0.4 is 19.5 Å². The first-order valence-electron chi connectivity index (χ1n) is 8.71. The van der Waals surface area contributed by atoms with Gasteiger partial charge in [-0.3, -0.25) is 4.79 Å². The molecule has 1 heterocycles. The van der Waals surface area contributed by atoms with Gasteiger partial charge in [-0.2, -0.15) is 0 Å². The Labute approximate surface area is 159 Å². The normalized spacial score (nSPS) is 13.5. The Balaban J connectivity index is 2.11. The maximum absolute atomic E-state index is 12.2. The van der Waals surface area contributed by atoms with Crippen LogP contribution in [0.1, 0.15) is 18.9 Å². The smallest absolute Gasteiger partial charge is 0.407 e. The number of ether oxygens (including phenoxy) is 4. The Morgan fingerprint density at radius 2 is 1.78 bits per heavy atom. The van der Waals surface area contributed by atoms with Gasteiger partial charge >= 0.3 is 6.09 Å². The summed E-state index contributed by atoms with van der Waals surface area (Å²) < 4.78 is 21.0. The van der Waals surface area contributed by atoms with Gasteiger partial charge in [-0.15, -0.1) is 0 Å². The summed E-state index contributed by atoms with van der Waals surface area (Å²) in [5.41, 5.74) is 1.89. The lowest BCUT2D eigenvalue weighted by Gasteiger charge is -2.28. The van der Waals surface area contributed by atoms with Crippen LogP contribution in [-0.4, -0.2) is 64.5 Å². The van der Waals surface area contributed by atoms with E-state index in [1.807, 2.05) is 6.08 Å². The number of hydrogen-bond donors (Lipinski definition) is 1. The first kappa shape index (κ1) is 20.4. The fourth-order valence-electron chi connectivity index (χ4n) is 2.89. The Kier molecular flexibility index (Phi) is 7.34. The molecule has 0 fully saturated rings. The Morgan fingerprint density at radius 1 is 1.11 bits per heavy atom. The number of carbonyl (C=O) groups excluding carboxylic acids is 2. The van der Waals surface area contributed by atoms with Crippen LogP contribution in [0.5, 0.6) is 17.2 Å². The number of amides is 2. The second-order valence-electron chi connectivity index (χ2n) is 5.80. The van der Waals surface area contributed by atoms with Crippen molar-refractivity contribution in [3.05, 3.63) is 23.8 Å². The first-order chi connectivity index (χ1) is 13.0. The van der Waals surface area contributed by atoms with Gasteiger partial charge in [0.05, 0.1) is 33.5 Å². The van der Waals surface area contributed by atoms with E-state index in [-0.39, 0.29) is 19.1 Å². The molecule has 27 heavy (non-hydrogen) atoms. The molecule has 0 saturated carbocycles. The molecule has 0 saturated heterocycles. The summed E-state index contributed by atoms with van der Waals surface area (Å²) in [6, 6.07) is 3.61. The molecule has 0 radical (unpaired) electrons. The maximum atomic E-state index is 12.2. The van der Waals surface area contributed by atoms with E-state index in [0.717, 1.165) is 11.1 Å². The average molecular weight is 378 g/mol. The fraction of sp³-hybridized carbons (Fsp3) is 0.474. The molecule has 8 nitrogen and oxygen atoms in total. The summed E-state index contributed by atoms with van der Waals surface area (Å²) >= 11 is 0. The largest absolute Gasteiger partial charge is 0.496 e. The van der Waals surface area contributed by atoms with E-state index in [0.29, 0.717) is 36.8 Å². The highest BCUT2D eigenvalue weighted by molar-refractivity contribution is 5.84. The van der Waals surface area contributed by atoms with Gasteiger partial charge in [0, 0.05) is 25.2 Å². The van der Waals surface area contributed by atoms with Crippen molar-refractivity contribution in [3.8, 4) is 17.2 Å². The van der Waals surface area contributed by atoms with Crippen molar-refractivity contribution in [2.45, 2.75) is 13.3 Å². The van der Waals surface area contributed by atoms with Crippen molar-refractivity contribution < 1.29 is 28.5 Å². The number of nitrogens with one attached hydrogen (secondary N) is 1. The predicted molar refractivity (Wildman–Crippen MR) is 100 cm³/mol. The molecule has 2 amide bonds. The molecule has 1 aromatic rings. The van der Waals surface area contributed by atoms with Crippen molar-refractivity contribution in [1.29, 1.82) is 0 Å². The number of methoxy groups -OCH3 is 3. The average Bonchev–Trinajstić information content (AvgIpc) is 2.71. The van der Waals surface area contributed by atoms with Gasteiger partial charge < -0.3 is 29.2 Å². The highest BCUT2D eigenvalue weighted by Gasteiger charge is 2.23. The highest BCUT2D eigenvalue weighted by atomic mass is 16.5. The third-order valence-corrected chi connectivity index (χ3v) is 4.26. The first-order valence-corrected chi connectivity index (χ1v) is 8.71. The van der Waals surface area contributed by atoms with Crippen LogP contribution in [0.3, 0.4) is 0 Å². The zero-order valence-corrected chi connectivity index (χ0v) is 16.2. The topological polar surface area (TPSA) is 86.3 Å². The zero-order valence-electron chi connectivity index (χ0n) is 16.2. The Morgan fingerprint density at radius 3 is 2.26 bits per heavy atom. The van der Waals surface area contributed by atoms with Gasteiger partial charge in [0.2, 0.25) is 5.91 Å². The molecule has 0 unspecified atom stereocenters. The van der Waals surface area contributed by atoms with Gasteiger partial charge in [-0.1, -0.05) is 6.08 Å². The number of benzene rings is 1. The van der Waals surface area contributed by atoms with Gasteiger partial charge in [-0.05, 0) is 18.9 Å². The molecule has 0 bridgehead atoms. The van der Waals surface area contributed by atoms with Crippen LogP contribution >= 0.6 is 0 Å². The number of rotatable bonds is 7. The highest BCUT2D eigenvalue weighted by Crippen LogP contribution is 2.40. The molecule has 1 aromatic carbocycles. The third kappa shape index (κ3) is 5.06. The summed E-state index contributed by atoms with van der Waals surface area (Å²) in [6.45, 7) is 2.86. The summed E-state index contributed by atoms with van der Waals surface area (Å²) in [6.07, 6.45) is 2.02. The number of carbonyl (C=O) groups is 2. The summed E-state index contributed by atoms with van der Waals surface area (Å²) in [5.74, 6) is 1.79. The molecule has 1 aliphatic rings. The van der Waals surface area contributed by atoms with Crippen LogP contribution in [0.15, 0.2) is 18.2 Å². The molecule has 0 atom stereocenters. The number of hydrogen-bond acceptors (Lipinski definition) is 6.